The van der Waals surface area contributed by atoms with Crippen LogP contribution in [0, 0.1) is 25.7 Å². The van der Waals surface area contributed by atoms with Gasteiger partial charge in [-0.1, -0.05) is 0 Å². The van der Waals surface area contributed by atoms with Gasteiger partial charge in [0, 0.05) is 17.8 Å². The number of aromatic nitrogens is 1. The maximum Gasteiger partial charge on any atom is 0.307 e. The molecule has 1 heterocycles. The Bertz CT molecular complexity index is 591. The van der Waals surface area contributed by atoms with Gasteiger partial charge in [-0.05, 0) is 31.9 Å². The summed E-state index contributed by atoms with van der Waals surface area (Å²) in [5.41, 5.74) is 1.87. The lowest BCUT2D eigenvalue weighted by molar-refractivity contribution is -0.140. The van der Waals surface area contributed by atoms with Gasteiger partial charge in [0.2, 0.25) is 5.91 Å². The number of aryl methyl sites for hydroxylation is 2. The number of aliphatic carboxylic acids is 1. The second-order valence-electron chi connectivity index (χ2n) is 4.95. The van der Waals surface area contributed by atoms with Crippen molar-refractivity contribution >= 4 is 11.9 Å². The molecule has 2 rings (SSSR count). The average molecular weight is 264 g/mol. The Morgan fingerprint density at radius 2 is 2.11 bits per heavy atom. The van der Waals surface area contributed by atoms with Crippen molar-refractivity contribution in [2.24, 2.45) is 11.8 Å². The normalized spacial score (nSPS) is 20.9. The van der Waals surface area contributed by atoms with Crippen molar-refractivity contribution in [3.63, 3.8) is 0 Å². The number of rotatable bonds is 4. The first-order valence-corrected chi connectivity index (χ1v) is 6.10. The molecule has 102 valence electrons. The highest BCUT2D eigenvalue weighted by molar-refractivity contribution is 5.89. The maximum atomic E-state index is 11.7. The van der Waals surface area contributed by atoms with Gasteiger partial charge in [0.1, 0.15) is 0 Å². The van der Waals surface area contributed by atoms with Gasteiger partial charge in [-0.15, -0.1) is 0 Å². The van der Waals surface area contributed by atoms with Crippen LogP contribution in [0.1, 0.15) is 23.2 Å². The lowest BCUT2D eigenvalue weighted by Crippen LogP contribution is -2.29. The van der Waals surface area contributed by atoms with Crippen LogP contribution in [0.3, 0.4) is 0 Å². The summed E-state index contributed by atoms with van der Waals surface area (Å²) in [5, 5.41) is 11.4. The quantitative estimate of drug-likeness (QED) is 0.729. The minimum absolute atomic E-state index is 0.128. The standard InChI is InChI=1S/C13H16N2O4/c1-6-3-7(2)15-12(17)10(6)5-14-11(16)8-4-9(8)13(18)19/h3,8-9H,4-5H2,1-2H3,(H,14,16)(H,15,17)(H,18,19). The number of pyridine rings is 1. The zero-order valence-electron chi connectivity index (χ0n) is 10.8. The molecule has 1 aromatic heterocycles. The second-order valence-corrected chi connectivity index (χ2v) is 4.95. The van der Waals surface area contributed by atoms with Crippen LogP contribution in [0.4, 0.5) is 0 Å². The van der Waals surface area contributed by atoms with E-state index in [2.05, 4.69) is 10.3 Å². The first kappa shape index (κ1) is 13.3. The number of aromatic amines is 1. The number of hydrogen-bond donors (Lipinski definition) is 3. The predicted molar refractivity (Wildman–Crippen MR) is 67.6 cm³/mol. The molecule has 3 N–H and O–H groups in total. The molecule has 6 heteroatoms. The third-order valence-corrected chi connectivity index (χ3v) is 3.38. The highest BCUT2D eigenvalue weighted by Crippen LogP contribution is 2.38. The molecular weight excluding hydrogens is 248 g/mol. The summed E-state index contributed by atoms with van der Waals surface area (Å²) in [5.74, 6) is -2.27. The number of nitrogens with one attached hydrogen (secondary N) is 2. The molecule has 1 aromatic rings. The van der Waals surface area contributed by atoms with E-state index >= 15 is 0 Å². The van der Waals surface area contributed by atoms with E-state index in [9.17, 15) is 14.4 Å². The van der Waals surface area contributed by atoms with E-state index in [4.69, 9.17) is 5.11 Å². The Morgan fingerprint density at radius 1 is 1.42 bits per heavy atom. The van der Waals surface area contributed by atoms with Gasteiger partial charge < -0.3 is 15.4 Å². The van der Waals surface area contributed by atoms with Crippen LogP contribution >= 0.6 is 0 Å². The highest BCUT2D eigenvalue weighted by Gasteiger charge is 2.48. The lowest BCUT2D eigenvalue weighted by atomic mass is 10.1. The summed E-state index contributed by atoms with van der Waals surface area (Å²) < 4.78 is 0. The number of carbonyl (C=O) groups excluding carboxylic acids is 1. The van der Waals surface area contributed by atoms with E-state index in [0.29, 0.717) is 12.0 Å². The number of carboxylic acids is 1. The summed E-state index contributed by atoms with van der Waals surface area (Å²) in [6.07, 6.45) is 0.379. The van der Waals surface area contributed by atoms with Crippen LogP contribution in [-0.4, -0.2) is 22.0 Å². The Labute approximate surface area is 109 Å². The highest BCUT2D eigenvalue weighted by atomic mass is 16.4. The van der Waals surface area contributed by atoms with Gasteiger partial charge in [-0.25, -0.2) is 0 Å². The van der Waals surface area contributed by atoms with Crippen molar-refractivity contribution in [3.05, 3.63) is 33.2 Å². The number of H-pyrrole nitrogens is 1. The van der Waals surface area contributed by atoms with E-state index in [1.807, 2.05) is 6.07 Å². The molecule has 0 saturated heterocycles. The molecule has 1 aliphatic carbocycles. The van der Waals surface area contributed by atoms with Crippen molar-refractivity contribution in [2.75, 3.05) is 0 Å². The fraction of sp³-hybridized carbons (Fsp3) is 0.462. The number of hydrogen-bond acceptors (Lipinski definition) is 3. The molecule has 1 saturated carbocycles. The molecule has 0 radical (unpaired) electrons. The van der Waals surface area contributed by atoms with E-state index in [0.717, 1.165) is 11.3 Å². The lowest BCUT2D eigenvalue weighted by Gasteiger charge is -2.07. The zero-order valence-corrected chi connectivity index (χ0v) is 10.8. The summed E-state index contributed by atoms with van der Waals surface area (Å²) in [6.45, 7) is 3.72. The molecule has 0 bridgehead atoms. The van der Waals surface area contributed by atoms with Crippen LogP contribution < -0.4 is 10.9 Å². The van der Waals surface area contributed by atoms with E-state index in [1.165, 1.54) is 0 Å². The Balaban J connectivity index is 1.99. The van der Waals surface area contributed by atoms with Gasteiger partial charge >= 0.3 is 5.97 Å². The van der Waals surface area contributed by atoms with E-state index in [-0.39, 0.29) is 18.0 Å². The Morgan fingerprint density at radius 3 is 2.63 bits per heavy atom. The fourth-order valence-corrected chi connectivity index (χ4v) is 2.17. The molecule has 0 aromatic carbocycles. The van der Waals surface area contributed by atoms with Crippen LogP contribution in [0.15, 0.2) is 10.9 Å². The molecule has 0 spiro atoms. The number of carboxylic acid groups (broad SMARTS) is 1. The first-order valence-electron chi connectivity index (χ1n) is 6.10. The molecular formula is C13H16N2O4. The van der Waals surface area contributed by atoms with Gasteiger partial charge in [0.15, 0.2) is 0 Å². The van der Waals surface area contributed by atoms with Crippen molar-refractivity contribution in [2.45, 2.75) is 26.8 Å². The molecule has 19 heavy (non-hydrogen) atoms. The molecule has 6 nitrogen and oxygen atoms in total. The van der Waals surface area contributed by atoms with E-state index < -0.39 is 17.8 Å². The molecule has 2 unspecified atom stereocenters. The molecule has 1 fully saturated rings. The van der Waals surface area contributed by atoms with Crippen molar-refractivity contribution in [3.8, 4) is 0 Å². The summed E-state index contributed by atoms with van der Waals surface area (Å²) in [7, 11) is 0. The van der Waals surface area contributed by atoms with Crippen molar-refractivity contribution < 1.29 is 14.7 Å². The first-order chi connectivity index (χ1) is 8.90. The molecule has 1 aliphatic rings. The van der Waals surface area contributed by atoms with Gasteiger partial charge in [0.25, 0.3) is 5.56 Å². The zero-order chi connectivity index (χ0) is 14.2. The summed E-state index contributed by atoms with van der Waals surface area (Å²) in [6, 6.07) is 1.83. The van der Waals surface area contributed by atoms with Gasteiger partial charge in [-0.2, -0.15) is 0 Å². The second kappa shape index (κ2) is 4.87. The van der Waals surface area contributed by atoms with Crippen LogP contribution in [0.5, 0.6) is 0 Å². The predicted octanol–water partition coefficient (Wildman–Crippen LogP) is 0.329. The van der Waals surface area contributed by atoms with Crippen LogP contribution in [0.25, 0.3) is 0 Å². The summed E-state index contributed by atoms with van der Waals surface area (Å²) >= 11 is 0. The van der Waals surface area contributed by atoms with Crippen LogP contribution in [-0.2, 0) is 16.1 Å². The largest absolute Gasteiger partial charge is 0.481 e. The van der Waals surface area contributed by atoms with Gasteiger partial charge in [-0.3, -0.25) is 14.4 Å². The van der Waals surface area contributed by atoms with E-state index in [1.54, 1.807) is 13.8 Å². The van der Waals surface area contributed by atoms with Crippen LogP contribution in [0.2, 0.25) is 0 Å². The van der Waals surface area contributed by atoms with Crippen molar-refractivity contribution in [1.82, 2.24) is 10.3 Å². The number of carbonyl (C=O) groups is 2. The number of amides is 1. The SMILES string of the molecule is Cc1cc(C)c(CNC(=O)C2CC2C(=O)O)c(=O)[nH]1. The minimum atomic E-state index is -0.940. The summed E-state index contributed by atoms with van der Waals surface area (Å²) in [4.78, 5) is 36.8. The molecule has 0 aliphatic heterocycles. The monoisotopic (exact) mass is 264 g/mol. The smallest absolute Gasteiger partial charge is 0.307 e. The minimum Gasteiger partial charge on any atom is -0.481 e. The third kappa shape index (κ3) is 2.83. The topological polar surface area (TPSA) is 99.3 Å². The maximum absolute atomic E-state index is 11.7. The van der Waals surface area contributed by atoms with Crippen molar-refractivity contribution in [1.29, 1.82) is 0 Å². The average Bonchev–Trinajstić information content (AvgIpc) is 3.06. The molecule has 1 amide bonds. The Kier molecular flexibility index (Phi) is 3.42. The van der Waals surface area contributed by atoms with Gasteiger partial charge in [0.05, 0.1) is 11.8 Å². The third-order valence-electron chi connectivity index (χ3n) is 3.38. The fourth-order valence-electron chi connectivity index (χ4n) is 2.17. The molecule has 2 atom stereocenters. The Hall–Kier alpha value is -2.11.